The van der Waals surface area contributed by atoms with Crippen LogP contribution in [0.5, 0.6) is 0 Å². The smallest absolute Gasteiger partial charge is 0.463 e. The summed E-state index contributed by atoms with van der Waals surface area (Å²) in [6.07, 6.45) is 13.0. The van der Waals surface area contributed by atoms with Crippen molar-refractivity contribution in [3.63, 3.8) is 0 Å². The Bertz CT molecular complexity index is 541. The summed E-state index contributed by atoms with van der Waals surface area (Å²) < 4.78 is 39.3. The van der Waals surface area contributed by atoms with Crippen molar-refractivity contribution in [2.24, 2.45) is 0 Å². The van der Waals surface area contributed by atoms with E-state index in [-0.39, 0.29) is 13.2 Å². The van der Waals surface area contributed by atoms with Crippen molar-refractivity contribution in [1.82, 2.24) is 0 Å². The standard InChI is InChI=1S/C24H43O8P/c1-4-7-8-9-10-15-20-30-33(27,31-21-16-11-13-18-28-23(25)5-2)32-22-17-12-14-19-29-24(26)6-3/h5-6H,2-4,7-22H2,1H3. The Morgan fingerprint density at radius 1 is 0.606 bits per heavy atom. The molecule has 0 aromatic heterocycles. The van der Waals surface area contributed by atoms with Crippen LogP contribution in [0.1, 0.15) is 84.0 Å². The molecular formula is C24H43O8P. The molecule has 0 bridgehead atoms. The van der Waals surface area contributed by atoms with Crippen LogP contribution in [0.25, 0.3) is 0 Å². The molecule has 0 aliphatic carbocycles. The number of phosphoric ester groups is 1. The Morgan fingerprint density at radius 3 is 1.33 bits per heavy atom. The van der Waals surface area contributed by atoms with Crippen molar-refractivity contribution in [3.8, 4) is 0 Å². The summed E-state index contributed by atoms with van der Waals surface area (Å²) >= 11 is 0. The third-order valence-corrected chi connectivity index (χ3v) is 6.14. The third-order valence-electron chi connectivity index (χ3n) is 4.65. The van der Waals surface area contributed by atoms with Gasteiger partial charge < -0.3 is 9.47 Å². The SMILES string of the molecule is C=CC(=O)OCCCCCOP(=O)(OCCCCCCCC)OCCCCCOC(=O)C=C. The van der Waals surface area contributed by atoms with E-state index in [0.717, 1.165) is 44.3 Å². The predicted molar refractivity (Wildman–Crippen MR) is 129 cm³/mol. The molecule has 33 heavy (non-hydrogen) atoms. The maximum absolute atomic E-state index is 13.0. The number of unbranched alkanes of at least 4 members (excludes halogenated alkanes) is 9. The van der Waals surface area contributed by atoms with Gasteiger partial charge in [-0.1, -0.05) is 52.2 Å². The minimum Gasteiger partial charge on any atom is -0.463 e. The van der Waals surface area contributed by atoms with Crippen LogP contribution in [0.3, 0.4) is 0 Å². The highest BCUT2D eigenvalue weighted by Crippen LogP contribution is 2.50. The van der Waals surface area contributed by atoms with E-state index >= 15 is 0 Å². The van der Waals surface area contributed by atoms with Crippen LogP contribution in [-0.2, 0) is 37.2 Å². The molecule has 0 amide bonds. The molecule has 0 N–H and O–H groups in total. The zero-order valence-electron chi connectivity index (χ0n) is 20.3. The van der Waals surface area contributed by atoms with Gasteiger partial charge in [-0.05, 0) is 44.9 Å². The van der Waals surface area contributed by atoms with E-state index in [1.165, 1.54) is 19.3 Å². The lowest BCUT2D eigenvalue weighted by molar-refractivity contribution is -0.138. The van der Waals surface area contributed by atoms with Gasteiger partial charge in [-0.2, -0.15) is 0 Å². The number of ether oxygens (including phenoxy) is 2. The number of carbonyl (C=O) groups excluding carboxylic acids is 2. The van der Waals surface area contributed by atoms with E-state index in [1.54, 1.807) is 0 Å². The monoisotopic (exact) mass is 490 g/mol. The van der Waals surface area contributed by atoms with Crippen molar-refractivity contribution in [2.75, 3.05) is 33.0 Å². The van der Waals surface area contributed by atoms with E-state index in [9.17, 15) is 14.2 Å². The molecular weight excluding hydrogens is 447 g/mol. The van der Waals surface area contributed by atoms with Crippen LogP contribution in [-0.4, -0.2) is 45.0 Å². The van der Waals surface area contributed by atoms with E-state index in [1.807, 2.05) is 0 Å². The van der Waals surface area contributed by atoms with Crippen molar-refractivity contribution < 1.29 is 37.2 Å². The molecule has 0 aliphatic rings. The zero-order chi connectivity index (χ0) is 24.6. The number of hydrogen-bond acceptors (Lipinski definition) is 8. The van der Waals surface area contributed by atoms with Gasteiger partial charge in [0.25, 0.3) is 0 Å². The maximum atomic E-state index is 13.0. The van der Waals surface area contributed by atoms with Gasteiger partial charge in [-0.3, -0.25) is 13.6 Å². The minimum atomic E-state index is -3.63. The second kappa shape index (κ2) is 22.3. The van der Waals surface area contributed by atoms with E-state index in [4.69, 9.17) is 23.0 Å². The van der Waals surface area contributed by atoms with Crippen LogP contribution < -0.4 is 0 Å². The Morgan fingerprint density at radius 2 is 0.939 bits per heavy atom. The van der Waals surface area contributed by atoms with Gasteiger partial charge in [0.15, 0.2) is 0 Å². The molecule has 0 aliphatic heterocycles. The van der Waals surface area contributed by atoms with Crippen LogP contribution >= 0.6 is 7.82 Å². The Balaban J connectivity index is 4.18. The van der Waals surface area contributed by atoms with Gasteiger partial charge >= 0.3 is 19.8 Å². The maximum Gasteiger partial charge on any atom is 0.474 e. The quantitative estimate of drug-likeness (QED) is 0.0672. The summed E-state index contributed by atoms with van der Waals surface area (Å²) in [6.45, 7) is 10.3. The van der Waals surface area contributed by atoms with Gasteiger partial charge in [-0.25, -0.2) is 14.2 Å². The fourth-order valence-electron chi connectivity index (χ4n) is 2.75. The van der Waals surface area contributed by atoms with Crippen LogP contribution in [0.2, 0.25) is 0 Å². The van der Waals surface area contributed by atoms with E-state index in [2.05, 4.69) is 20.1 Å². The van der Waals surface area contributed by atoms with Crippen LogP contribution in [0.15, 0.2) is 25.3 Å². The molecule has 0 aromatic carbocycles. The minimum absolute atomic E-state index is 0.237. The zero-order valence-corrected chi connectivity index (χ0v) is 21.2. The molecule has 0 saturated carbocycles. The largest absolute Gasteiger partial charge is 0.474 e. The number of carbonyl (C=O) groups is 2. The predicted octanol–water partition coefficient (Wildman–Crippen LogP) is 6.30. The molecule has 0 spiro atoms. The molecule has 0 atom stereocenters. The summed E-state index contributed by atoms with van der Waals surface area (Å²) in [5, 5.41) is 0. The van der Waals surface area contributed by atoms with Gasteiger partial charge in [0.2, 0.25) is 0 Å². The first-order valence-electron chi connectivity index (χ1n) is 12.1. The molecule has 0 aromatic rings. The normalized spacial score (nSPS) is 11.2. The first kappa shape index (κ1) is 31.5. The van der Waals surface area contributed by atoms with Crippen molar-refractivity contribution in [3.05, 3.63) is 25.3 Å². The van der Waals surface area contributed by atoms with Gasteiger partial charge in [0.05, 0.1) is 33.0 Å². The first-order chi connectivity index (χ1) is 16.0. The lowest BCUT2D eigenvalue weighted by atomic mass is 10.1. The second-order valence-corrected chi connectivity index (χ2v) is 9.25. The summed E-state index contributed by atoms with van der Waals surface area (Å²) in [5.41, 5.74) is 0. The van der Waals surface area contributed by atoms with Gasteiger partial charge in [0, 0.05) is 12.2 Å². The van der Waals surface area contributed by atoms with Crippen molar-refractivity contribution in [1.29, 1.82) is 0 Å². The number of esters is 2. The summed E-state index contributed by atoms with van der Waals surface area (Å²) in [7, 11) is -3.63. The lowest BCUT2D eigenvalue weighted by Gasteiger charge is -2.18. The van der Waals surface area contributed by atoms with Gasteiger partial charge in [0.1, 0.15) is 0 Å². The molecule has 0 saturated heterocycles. The molecule has 0 radical (unpaired) electrons. The lowest BCUT2D eigenvalue weighted by Crippen LogP contribution is -2.06. The fourth-order valence-corrected chi connectivity index (χ4v) is 4.03. The Labute approximate surface area is 199 Å². The summed E-state index contributed by atoms with van der Waals surface area (Å²) in [4.78, 5) is 22.0. The average Bonchev–Trinajstić information content (AvgIpc) is 2.81. The third kappa shape index (κ3) is 20.8. The molecule has 0 fully saturated rings. The summed E-state index contributed by atoms with van der Waals surface area (Å²) in [6, 6.07) is 0. The number of hydrogen-bond donors (Lipinski definition) is 0. The Kier molecular flexibility index (Phi) is 21.3. The Hall–Kier alpha value is -1.47. The molecule has 8 nitrogen and oxygen atoms in total. The first-order valence-corrected chi connectivity index (χ1v) is 13.6. The van der Waals surface area contributed by atoms with Gasteiger partial charge in [-0.15, -0.1) is 0 Å². The highest BCUT2D eigenvalue weighted by Gasteiger charge is 2.26. The summed E-state index contributed by atoms with van der Waals surface area (Å²) in [5.74, 6) is -0.878. The van der Waals surface area contributed by atoms with E-state index in [0.29, 0.717) is 45.5 Å². The van der Waals surface area contributed by atoms with E-state index < -0.39 is 19.8 Å². The van der Waals surface area contributed by atoms with Crippen molar-refractivity contribution >= 4 is 19.8 Å². The van der Waals surface area contributed by atoms with Crippen LogP contribution in [0, 0.1) is 0 Å². The number of rotatable bonds is 24. The average molecular weight is 491 g/mol. The highest BCUT2D eigenvalue weighted by molar-refractivity contribution is 7.48. The van der Waals surface area contributed by atoms with Crippen LogP contribution in [0.4, 0.5) is 0 Å². The van der Waals surface area contributed by atoms with Crippen molar-refractivity contribution in [2.45, 2.75) is 84.0 Å². The second-order valence-electron chi connectivity index (χ2n) is 7.58. The highest BCUT2D eigenvalue weighted by atomic mass is 31.2. The molecule has 9 heteroatoms. The number of phosphoric acid groups is 1. The molecule has 0 heterocycles. The molecule has 192 valence electrons. The molecule has 0 unspecified atom stereocenters. The fraction of sp³-hybridized carbons (Fsp3) is 0.750. The molecule has 0 rings (SSSR count). The topological polar surface area (TPSA) is 97.4 Å².